The highest BCUT2D eigenvalue weighted by molar-refractivity contribution is 5.83. The van der Waals surface area contributed by atoms with Crippen LogP contribution in [0, 0.1) is 0 Å². The van der Waals surface area contributed by atoms with Crippen LogP contribution < -0.4 is 11.1 Å². The Kier molecular flexibility index (Phi) is 5.63. The molecule has 1 aromatic heterocycles. The predicted molar refractivity (Wildman–Crippen MR) is 84.2 cm³/mol. The van der Waals surface area contributed by atoms with Crippen LogP contribution in [0.2, 0.25) is 0 Å². The average Bonchev–Trinajstić information content (AvgIpc) is 2.89. The topological polar surface area (TPSA) is 80.1 Å². The number of para-hydroxylation sites is 1. The lowest BCUT2D eigenvalue weighted by Gasteiger charge is -2.12. The van der Waals surface area contributed by atoms with E-state index in [1.807, 2.05) is 24.4 Å². The molecular weight excluding hydrogens is 266 g/mol. The first-order valence-electron chi connectivity index (χ1n) is 7.42. The van der Waals surface area contributed by atoms with Gasteiger partial charge < -0.3 is 20.8 Å². The maximum atomic E-state index is 11.4. The van der Waals surface area contributed by atoms with E-state index in [1.54, 1.807) is 0 Å². The Morgan fingerprint density at radius 1 is 1.43 bits per heavy atom. The third-order valence-corrected chi connectivity index (χ3v) is 3.40. The normalized spacial score (nSPS) is 12.3. The summed E-state index contributed by atoms with van der Waals surface area (Å²) in [6.45, 7) is 2.92. The van der Waals surface area contributed by atoms with E-state index in [1.165, 1.54) is 10.9 Å². The number of rotatable bonds is 7. The summed E-state index contributed by atoms with van der Waals surface area (Å²) >= 11 is 0. The van der Waals surface area contributed by atoms with E-state index in [2.05, 4.69) is 23.3 Å². The van der Waals surface area contributed by atoms with E-state index in [9.17, 15) is 4.79 Å². The molecule has 1 aromatic carbocycles. The van der Waals surface area contributed by atoms with Gasteiger partial charge in [-0.25, -0.2) is 4.79 Å². The first-order chi connectivity index (χ1) is 10.2. The maximum Gasteiger partial charge on any atom is 0.407 e. The van der Waals surface area contributed by atoms with Crippen LogP contribution in [0.3, 0.4) is 0 Å². The van der Waals surface area contributed by atoms with Gasteiger partial charge in [-0.1, -0.05) is 31.5 Å². The number of hydrogen-bond acceptors (Lipinski definition) is 3. The number of carbonyl (C=O) groups excluding carboxylic acids is 1. The van der Waals surface area contributed by atoms with Crippen molar-refractivity contribution in [2.75, 3.05) is 13.2 Å². The number of aromatic nitrogens is 1. The highest BCUT2D eigenvalue weighted by Crippen LogP contribution is 2.18. The van der Waals surface area contributed by atoms with Crippen LogP contribution in [-0.2, 0) is 11.2 Å². The minimum atomic E-state index is -0.391. The molecule has 2 rings (SSSR count). The van der Waals surface area contributed by atoms with E-state index in [4.69, 9.17) is 10.5 Å². The molecular formula is C16H23N3O2. The van der Waals surface area contributed by atoms with Crippen molar-refractivity contribution in [2.45, 2.75) is 32.2 Å². The van der Waals surface area contributed by atoms with Gasteiger partial charge in [-0.2, -0.15) is 0 Å². The smallest absolute Gasteiger partial charge is 0.407 e. The number of benzene rings is 1. The number of amides is 1. The summed E-state index contributed by atoms with van der Waals surface area (Å²) in [6.07, 6.45) is 4.18. The molecule has 0 saturated heterocycles. The molecule has 0 aliphatic carbocycles. The molecule has 0 saturated carbocycles. The number of H-pyrrole nitrogens is 1. The summed E-state index contributed by atoms with van der Waals surface area (Å²) in [5, 5.41) is 3.88. The predicted octanol–water partition coefficient (Wildman–Crippen LogP) is 2.56. The van der Waals surface area contributed by atoms with Crippen LogP contribution in [0.5, 0.6) is 0 Å². The Bertz CT molecular complexity index is 580. The van der Waals surface area contributed by atoms with E-state index < -0.39 is 6.09 Å². The molecule has 4 N–H and O–H groups in total. The van der Waals surface area contributed by atoms with Crippen molar-refractivity contribution in [3.63, 3.8) is 0 Å². The number of hydrogen-bond donors (Lipinski definition) is 3. The van der Waals surface area contributed by atoms with Crippen LogP contribution in [-0.4, -0.2) is 30.3 Å². The van der Waals surface area contributed by atoms with Crippen LogP contribution in [0.1, 0.15) is 25.3 Å². The number of ether oxygens (including phenoxy) is 1. The van der Waals surface area contributed by atoms with Crippen molar-refractivity contribution >= 4 is 17.0 Å². The molecule has 1 atom stereocenters. The average molecular weight is 289 g/mol. The van der Waals surface area contributed by atoms with Gasteiger partial charge in [-0.3, -0.25) is 0 Å². The molecule has 0 aliphatic rings. The summed E-state index contributed by atoms with van der Waals surface area (Å²) in [5.74, 6) is 0. The van der Waals surface area contributed by atoms with Gasteiger partial charge >= 0.3 is 6.09 Å². The largest absolute Gasteiger partial charge is 0.450 e. The number of nitrogens with two attached hydrogens (primary N) is 1. The quantitative estimate of drug-likeness (QED) is 0.685. The van der Waals surface area contributed by atoms with Crippen molar-refractivity contribution < 1.29 is 9.53 Å². The number of carbonyl (C=O) groups is 1. The second kappa shape index (κ2) is 7.69. The Hall–Kier alpha value is -2.01. The summed E-state index contributed by atoms with van der Waals surface area (Å²) in [5.41, 5.74) is 8.34. The molecule has 1 heterocycles. The summed E-state index contributed by atoms with van der Waals surface area (Å²) in [4.78, 5) is 14.7. The molecule has 0 aliphatic heterocycles. The Labute approximate surface area is 124 Å². The third kappa shape index (κ3) is 4.49. The Morgan fingerprint density at radius 3 is 3.05 bits per heavy atom. The van der Waals surface area contributed by atoms with E-state index in [0.29, 0.717) is 19.6 Å². The van der Waals surface area contributed by atoms with Crippen molar-refractivity contribution in [3.05, 3.63) is 36.0 Å². The lowest BCUT2D eigenvalue weighted by atomic mass is 10.1. The number of aromatic amines is 1. The Balaban J connectivity index is 1.79. The molecule has 1 amide bonds. The minimum Gasteiger partial charge on any atom is -0.450 e. The highest BCUT2D eigenvalue weighted by atomic mass is 16.5. The lowest BCUT2D eigenvalue weighted by molar-refractivity contribution is 0.144. The second-order valence-corrected chi connectivity index (χ2v) is 5.19. The number of alkyl carbamates (subject to hydrolysis) is 1. The fraction of sp³-hybridized carbons (Fsp3) is 0.438. The van der Waals surface area contributed by atoms with Gasteiger partial charge in [0.2, 0.25) is 0 Å². The fourth-order valence-electron chi connectivity index (χ4n) is 2.23. The first-order valence-corrected chi connectivity index (χ1v) is 7.42. The summed E-state index contributed by atoms with van der Waals surface area (Å²) in [6, 6.07) is 7.97. The summed E-state index contributed by atoms with van der Waals surface area (Å²) in [7, 11) is 0. The molecule has 21 heavy (non-hydrogen) atoms. The first kappa shape index (κ1) is 15.4. The maximum absolute atomic E-state index is 11.4. The van der Waals surface area contributed by atoms with E-state index in [0.717, 1.165) is 18.4 Å². The van der Waals surface area contributed by atoms with Crippen molar-refractivity contribution in [1.82, 2.24) is 10.3 Å². The highest BCUT2D eigenvalue weighted by Gasteiger charge is 2.10. The third-order valence-electron chi connectivity index (χ3n) is 3.40. The zero-order valence-electron chi connectivity index (χ0n) is 12.4. The van der Waals surface area contributed by atoms with Crippen molar-refractivity contribution in [1.29, 1.82) is 0 Å². The minimum absolute atomic E-state index is 0.136. The monoisotopic (exact) mass is 289 g/mol. The SMILES string of the molecule is CCCCOC(=O)NCC(N)Cc1c[nH]c2ccccc12. The molecule has 0 radical (unpaired) electrons. The zero-order chi connectivity index (χ0) is 15.1. The van der Waals surface area contributed by atoms with Gasteiger partial charge in [0.1, 0.15) is 0 Å². The summed E-state index contributed by atoms with van der Waals surface area (Å²) < 4.78 is 5.03. The van der Waals surface area contributed by atoms with Crippen LogP contribution in [0.4, 0.5) is 4.79 Å². The molecule has 5 nitrogen and oxygen atoms in total. The van der Waals surface area contributed by atoms with Gasteiger partial charge in [-0.05, 0) is 24.5 Å². The molecule has 5 heteroatoms. The lowest BCUT2D eigenvalue weighted by Crippen LogP contribution is -2.38. The van der Waals surface area contributed by atoms with E-state index in [-0.39, 0.29) is 6.04 Å². The van der Waals surface area contributed by atoms with Gasteiger partial charge in [0, 0.05) is 29.7 Å². The standard InChI is InChI=1S/C16H23N3O2/c1-2-3-8-21-16(20)19-11-13(17)9-12-10-18-15-7-5-4-6-14(12)15/h4-7,10,13,18H,2-3,8-9,11,17H2,1H3,(H,19,20). The molecule has 1 unspecified atom stereocenters. The molecule has 2 aromatic rings. The number of nitrogens with one attached hydrogen (secondary N) is 2. The van der Waals surface area contributed by atoms with Gasteiger partial charge in [0.25, 0.3) is 0 Å². The van der Waals surface area contributed by atoms with Crippen molar-refractivity contribution in [2.24, 2.45) is 5.73 Å². The fourth-order valence-corrected chi connectivity index (χ4v) is 2.23. The van der Waals surface area contributed by atoms with Crippen molar-refractivity contribution in [3.8, 4) is 0 Å². The van der Waals surface area contributed by atoms with Crippen LogP contribution in [0.25, 0.3) is 10.9 Å². The molecule has 0 fully saturated rings. The zero-order valence-corrected chi connectivity index (χ0v) is 12.4. The molecule has 0 bridgehead atoms. The second-order valence-electron chi connectivity index (χ2n) is 5.19. The number of fused-ring (bicyclic) bond motifs is 1. The van der Waals surface area contributed by atoms with Gasteiger partial charge in [-0.15, -0.1) is 0 Å². The van der Waals surface area contributed by atoms with E-state index >= 15 is 0 Å². The van der Waals surface area contributed by atoms with Crippen LogP contribution >= 0.6 is 0 Å². The van der Waals surface area contributed by atoms with Crippen LogP contribution in [0.15, 0.2) is 30.5 Å². The number of unbranched alkanes of at least 4 members (excludes halogenated alkanes) is 1. The molecule has 0 spiro atoms. The Morgan fingerprint density at radius 2 is 2.24 bits per heavy atom. The van der Waals surface area contributed by atoms with Gasteiger partial charge in [0.05, 0.1) is 6.61 Å². The van der Waals surface area contributed by atoms with Gasteiger partial charge in [0.15, 0.2) is 0 Å². The molecule has 114 valence electrons.